The summed E-state index contributed by atoms with van der Waals surface area (Å²) in [5, 5.41) is 3.86. The van der Waals surface area contributed by atoms with Crippen molar-refractivity contribution in [1.82, 2.24) is 5.32 Å². The minimum atomic E-state index is 0.594. The molecule has 2 aliphatic rings. The summed E-state index contributed by atoms with van der Waals surface area (Å²) >= 11 is 0. The summed E-state index contributed by atoms with van der Waals surface area (Å²) in [5.41, 5.74) is 3.02. The topological polar surface area (TPSA) is 12.0 Å². The van der Waals surface area contributed by atoms with Crippen LogP contribution in [0, 0.1) is 17.8 Å². The molecule has 1 aromatic rings. The lowest BCUT2D eigenvalue weighted by Gasteiger charge is -2.32. The van der Waals surface area contributed by atoms with E-state index in [2.05, 4.69) is 43.4 Å². The maximum Gasteiger partial charge on any atom is 0.0351 e. The maximum atomic E-state index is 3.86. The Labute approximate surface area is 124 Å². The van der Waals surface area contributed by atoms with Crippen LogP contribution in [-0.4, -0.2) is 6.54 Å². The van der Waals surface area contributed by atoms with Gasteiger partial charge in [-0.2, -0.15) is 0 Å². The molecule has 0 aromatic heterocycles. The highest BCUT2D eigenvalue weighted by Crippen LogP contribution is 2.52. The van der Waals surface area contributed by atoms with Gasteiger partial charge in [-0.15, -0.1) is 0 Å². The molecule has 1 aromatic carbocycles. The SMILES string of the molecule is CCCNC(c1cccc(CC)c1)C1CC2CCC1C2. The summed E-state index contributed by atoms with van der Waals surface area (Å²) in [6, 6.07) is 9.90. The van der Waals surface area contributed by atoms with Gasteiger partial charge in [0, 0.05) is 6.04 Å². The van der Waals surface area contributed by atoms with Crippen molar-refractivity contribution < 1.29 is 0 Å². The van der Waals surface area contributed by atoms with Crippen LogP contribution in [0.5, 0.6) is 0 Å². The summed E-state index contributed by atoms with van der Waals surface area (Å²) in [4.78, 5) is 0. The largest absolute Gasteiger partial charge is 0.310 e. The molecule has 2 fully saturated rings. The van der Waals surface area contributed by atoms with Crippen molar-refractivity contribution in [1.29, 1.82) is 0 Å². The van der Waals surface area contributed by atoms with Crippen LogP contribution in [0.3, 0.4) is 0 Å². The van der Waals surface area contributed by atoms with Crippen LogP contribution in [0.25, 0.3) is 0 Å². The second-order valence-corrected chi connectivity index (χ2v) is 6.87. The summed E-state index contributed by atoms with van der Waals surface area (Å²) in [6.07, 6.45) is 8.31. The molecule has 0 aliphatic heterocycles. The molecule has 2 aliphatic carbocycles. The quantitative estimate of drug-likeness (QED) is 0.789. The lowest BCUT2D eigenvalue weighted by Crippen LogP contribution is -2.32. The average molecular weight is 271 g/mol. The minimum absolute atomic E-state index is 0.594. The highest BCUT2D eigenvalue weighted by molar-refractivity contribution is 5.27. The van der Waals surface area contributed by atoms with E-state index in [4.69, 9.17) is 0 Å². The zero-order chi connectivity index (χ0) is 13.9. The molecule has 0 heterocycles. The van der Waals surface area contributed by atoms with Crippen molar-refractivity contribution in [3.8, 4) is 0 Å². The number of benzene rings is 1. The fourth-order valence-electron chi connectivity index (χ4n) is 4.52. The van der Waals surface area contributed by atoms with Crippen LogP contribution in [0.15, 0.2) is 24.3 Å². The van der Waals surface area contributed by atoms with Gasteiger partial charge in [-0.25, -0.2) is 0 Å². The highest BCUT2D eigenvalue weighted by Gasteiger charge is 2.43. The number of hydrogen-bond acceptors (Lipinski definition) is 1. The normalized spacial score (nSPS) is 29.8. The van der Waals surface area contributed by atoms with Gasteiger partial charge in [0.25, 0.3) is 0 Å². The molecular weight excluding hydrogens is 242 g/mol. The van der Waals surface area contributed by atoms with Crippen LogP contribution >= 0.6 is 0 Å². The van der Waals surface area contributed by atoms with Crippen LogP contribution < -0.4 is 5.32 Å². The molecule has 3 rings (SSSR count). The lowest BCUT2D eigenvalue weighted by atomic mass is 9.80. The van der Waals surface area contributed by atoms with Crippen LogP contribution in [0.1, 0.15) is 63.1 Å². The molecule has 0 amide bonds. The molecule has 2 bridgehead atoms. The van der Waals surface area contributed by atoms with E-state index in [0.717, 1.165) is 30.7 Å². The second kappa shape index (κ2) is 6.30. The third kappa shape index (κ3) is 2.79. The van der Waals surface area contributed by atoms with Gasteiger partial charge >= 0.3 is 0 Å². The zero-order valence-corrected chi connectivity index (χ0v) is 13.1. The van der Waals surface area contributed by atoms with Gasteiger partial charge in [0.2, 0.25) is 0 Å². The number of fused-ring (bicyclic) bond motifs is 2. The predicted molar refractivity (Wildman–Crippen MR) is 85.8 cm³/mol. The number of rotatable bonds is 6. The van der Waals surface area contributed by atoms with Crippen molar-refractivity contribution in [3.05, 3.63) is 35.4 Å². The average Bonchev–Trinajstić information content (AvgIpc) is 3.11. The first-order valence-electron chi connectivity index (χ1n) is 8.64. The second-order valence-electron chi connectivity index (χ2n) is 6.87. The molecule has 1 nitrogen and oxygen atoms in total. The first kappa shape index (κ1) is 14.1. The van der Waals surface area contributed by atoms with Crippen molar-refractivity contribution >= 4 is 0 Å². The smallest absolute Gasteiger partial charge is 0.0351 e. The Morgan fingerprint density at radius 3 is 2.75 bits per heavy atom. The number of hydrogen-bond donors (Lipinski definition) is 1. The molecule has 20 heavy (non-hydrogen) atoms. The molecule has 0 saturated heterocycles. The molecule has 110 valence electrons. The first-order valence-corrected chi connectivity index (χ1v) is 8.64. The molecule has 2 saturated carbocycles. The molecule has 0 spiro atoms. The van der Waals surface area contributed by atoms with Crippen molar-refractivity contribution in [3.63, 3.8) is 0 Å². The third-order valence-corrected chi connectivity index (χ3v) is 5.55. The van der Waals surface area contributed by atoms with Gasteiger partial charge in [0.1, 0.15) is 0 Å². The Bertz CT molecular complexity index is 439. The first-order chi connectivity index (χ1) is 9.81. The van der Waals surface area contributed by atoms with Gasteiger partial charge in [-0.1, -0.05) is 44.5 Å². The zero-order valence-electron chi connectivity index (χ0n) is 13.1. The van der Waals surface area contributed by atoms with E-state index in [1.807, 2.05) is 0 Å². The summed E-state index contributed by atoms with van der Waals surface area (Å²) < 4.78 is 0. The summed E-state index contributed by atoms with van der Waals surface area (Å²) in [6.45, 7) is 5.67. The van der Waals surface area contributed by atoms with E-state index >= 15 is 0 Å². The summed E-state index contributed by atoms with van der Waals surface area (Å²) in [5.74, 6) is 2.90. The van der Waals surface area contributed by atoms with Crippen LogP contribution in [0.4, 0.5) is 0 Å². The van der Waals surface area contributed by atoms with Crippen LogP contribution in [-0.2, 0) is 6.42 Å². The Kier molecular flexibility index (Phi) is 4.45. The predicted octanol–water partition coefficient (Wildman–Crippen LogP) is 4.73. The van der Waals surface area contributed by atoms with E-state index < -0.39 is 0 Å². The fraction of sp³-hybridized carbons (Fsp3) is 0.684. The van der Waals surface area contributed by atoms with E-state index in [-0.39, 0.29) is 0 Å². The number of aryl methyl sites for hydroxylation is 1. The molecule has 4 atom stereocenters. The van der Waals surface area contributed by atoms with Crippen molar-refractivity contribution in [2.75, 3.05) is 6.54 Å². The number of nitrogens with one attached hydrogen (secondary N) is 1. The molecule has 1 N–H and O–H groups in total. The maximum absolute atomic E-state index is 3.86. The van der Waals surface area contributed by atoms with Gasteiger partial charge in [-0.05, 0) is 67.5 Å². The van der Waals surface area contributed by atoms with Crippen molar-refractivity contribution in [2.45, 2.75) is 58.4 Å². The minimum Gasteiger partial charge on any atom is -0.310 e. The molecular formula is C19H29N. The lowest BCUT2D eigenvalue weighted by molar-refractivity contribution is 0.251. The Balaban J connectivity index is 1.81. The van der Waals surface area contributed by atoms with E-state index in [0.29, 0.717) is 6.04 Å². The third-order valence-electron chi connectivity index (χ3n) is 5.55. The van der Waals surface area contributed by atoms with Gasteiger partial charge in [-0.3, -0.25) is 0 Å². The van der Waals surface area contributed by atoms with Crippen LogP contribution in [0.2, 0.25) is 0 Å². The Morgan fingerprint density at radius 2 is 2.10 bits per heavy atom. The monoisotopic (exact) mass is 271 g/mol. The fourth-order valence-corrected chi connectivity index (χ4v) is 4.52. The van der Waals surface area contributed by atoms with E-state index in [9.17, 15) is 0 Å². The van der Waals surface area contributed by atoms with Crippen molar-refractivity contribution in [2.24, 2.45) is 17.8 Å². The Morgan fingerprint density at radius 1 is 1.20 bits per heavy atom. The van der Waals surface area contributed by atoms with E-state index in [1.165, 1.54) is 43.2 Å². The van der Waals surface area contributed by atoms with Gasteiger partial charge in [0.05, 0.1) is 0 Å². The molecule has 0 radical (unpaired) electrons. The molecule has 1 heteroatoms. The van der Waals surface area contributed by atoms with E-state index in [1.54, 1.807) is 0 Å². The standard InChI is InChI=1S/C19H29N/c1-3-10-20-19(17-7-5-6-14(4-2)11-17)18-13-15-8-9-16(18)12-15/h5-7,11,15-16,18-20H,3-4,8-10,12-13H2,1-2H3. The van der Waals surface area contributed by atoms with Gasteiger partial charge < -0.3 is 5.32 Å². The Hall–Kier alpha value is -0.820. The molecule has 4 unspecified atom stereocenters. The van der Waals surface area contributed by atoms with Gasteiger partial charge in [0.15, 0.2) is 0 Å². The summed E-state index contributed by atoms with van der Waals surface area (Å²) in [7, 11) is 0. The highest BCUT2D eigenvalue weighted by atomic mass is 14.9.